The van der Waals surface area contributed by atoms with Crippen LogP contribution in [0.3, 0.4) is 0 Å². The Kier molecular flexibility index (Phi) is 6.75. The summed E-state index contributed by atoms with van der Waals surface area (Å²) in [5, 5.41) is 0. The van der Waals surface area contributed by atoms with Crippen LogP contribution in [-0.4, -0.2) is 0 Å². The normalized spacial score (nSPS) is 12.0. The number of hydrogen-bond donors (Lipinski definition) is 0. The van der Waals surface area contributed by atoms with Gasteiger partial charge in [0.15, 0.2) is 0 Å². The van der Waals surface area contributed by atoms with Gasteiger partial charge in [-0.2, -0.15) is 0 Å². The molecule has 4 aromatic rings. The van der Waals surface area contributed by atoms with Gasteiger partial charge >= 0.3 is 0 Å². The minimum absolute atomic E-state index is 0.0571. The summed E-state index contributed by atoms with van der Waals surface area (Å²) in [7, 11) is 0. The third-order valence-corrected chi connectivity index (χ3v) is 6.36. The number of aryl methyl sites for hydroxylation is 2. The number of rotatable bonds is 6. The molecule has 0 unspecified atom stereocenters. The second kappa shape index (κ2) is 9.88. The van der Waals surface area contributed by atoms with Crippen molar-refractivity contribution in [1.82, 2.24) is 0 Å². The molecule has 0 heterocycles. The zero-order valence-corrected chi connectivity index (χ0v) is 20.0. The second-order valence-electron chi connectivity index (χ2n) is 9.36. The molecule has 0 N–H and O–H groups in total. The molecule has 33 heavy (non-hydrogen) atoms. The number of benzene rings is 4. The van der Waals surface area contributed by atoms with Crippen LogP contribution >= 0.6 is 0 Å². The van der Waals surface area contributed by atoms with Crippen LogP contribution in [0.4, 0.5) is 0 Å². The topological polar surface area (TPSA) is 0 Å². The molecule has 0 saturated heterocycles. The van der Waals surface area contributed by atoms with E-state index in [9.17, 15) is 0 Å². The minimum atomic E-state index is -0.0571. The van der Waals surface area contributed by atoms with E-state index in [1.165, 1.54) is 44.5 Å². The molecule has 0 spiro atoms. The van der Waals surface area contributed by atoms with E-state index in [-0.39, 0.29) is 5.41 Å². The van der Waals surface area contributed by atoms with Crippen LogP contribution in [0, 0.1) is 13.8 Å². The summed E-state index contributed by atoms with van der Waals surface area (Å²) in [6.07, 6.45) is 8.69. The lowest BCUT2D eigenvalue weighted by Crippen LogP contribution is -2.18. The van der Waals surface area contributed by atoms with Crippen LogP contribution in [-0.2, 0) is 5.41 Å². The second-order valence-corrected chi connectivity index (χ2v) is 9.36. The predicted molar refractivity (Wildman–Crippen MR) is 145 cm³/mol. The molecule has 0 aromatic heterocycles. The molecule has 164 valence electrons. The zero-order valence-electron chi connectivity index (χ0n) is 20.0. The summed E-state index contributed by atoms with van der Waals surface area (Å²) < 4.78 is 0. The molecule has 0 nitrogen and oxygen atoms in total. The lowest BCUT2D eigenvalue weighted by molar-refractivity contribution is 0.641. The molecule has 0 aliphatic heterocycles. The van der Waals surface area contributed by atoms with Crippen molar-refractivity contribution in [2.45, 2.75) is 33.1 Å². The molecule has 0 heteroatoms. The van der Waals surface area contributed by atoms with Crippen molar-refractivity contribution in [1.29, 1.82) is 0 Å². The maximum atomic E-state index is 2.29. The summed E-state index contributed by atoms with van der Waals surface area (Å²) >= 11 is 0. The third kappa shape index (κ3) is 5.79. The average molecular weight is 429 g/mol. The van der Waals surface area contributed by atoms with Gasteiger partial charge in [0, 0.05) is 5.41 Å². The molecular weight excluding hydrogens is 396 g/mol. The van der Waals surface area contributed by atoms with Crippen LogP contribution in [0.2, 0.25) is 0 Å². The Balaban J connectivity index is 1.45. The van der Waals surface area contributed by atoms with Crippen molar-refractivity contribution >= 4 is 24.3 Å². The highest BCUT2D eigenvalue weighted by Crippen LogP contribution is 2.32. The van der Waals surface area contributed by atoms with Crippen LogP contribution in [0.5, 0.6) is 0 Å². The Labute approximate surface area is 199 Å². The van der Waals surface area contributed by atoms with Gasteiger partial charge in [0.05, 0.1) is 0 Å². The van der Waals surface area contributed by atoms with Gasteiger partial charge in [-0.1, -0.05) is 146 Å². The molecule has 0 amide bonds. The average Bonchev–Trinajstić information content (AvgIpc) is 2.84. The van der Waals surface area contributed by atoms with Gasteiger partial charge in [-0.15, -0.1) is 0 Å². The van der Waals surface area contributed by atoms with E-state index in [0.717, 1.165) is 0 Å². The molecular formula is C33H32. The van der Waals surface area contributed by atoms with Crippen LogP contribution in [0.25, 0.3) is 24.3 Å². The minimum Gasteiger partial charge on any atom is -0.0587 e. The third-order valence-electron chi connectivity index (χ3n) is 6.36. The predicted octanol–water partition coefficient (Wildman–Crippen LogP) is 8.97. The van der Waals surface area contributed by atoms with Gasteiger partial charge in [0.1, 0.15) is 0 Å². The Morgan fingerprint density at radius 2 is 0.636 bits per heavy atom. The Morgan fingerprint density at radius 3 is 0.909 bits per heavy atom. The van der Waals surface area contributed by atoms with Crippen molar-refractivity contribution in [3.63, 3.8) is 0 Å². The zero-order chi connectivity index (χ0) is 23.3. The summed E-state index contributed by atoms with van der Waals surface area (Å²) in [6.45, 7) is 8.82. The van der Waals surface area contributed by atoms with Gasteiger partial charge in [-0.25, -0.2) is 0 Å². The summed E-state index contributed by atoms with van der Waals surface area (Å²) in [5.74, 6) is 0. The van der Waals surface area contributed by atoms with Gasteiger partial charge in [0.25, 0.3) is 0 Å². The van der Waals surface area contributed by atoms with E-state index in [0.29, 0.717) is 0 Å². The SMILES string of the molecule is Cc1ccc(/C=C/c2ccc(C(C)(C)c3ccc(/C=C/c4ccc(C)cc4)cc3)cc2)cc1. The first kappa shape index (κ1) is 22.6. The maximum Gasteiger partial charge on any atom is 0.0146 e. The van der Waals surface area contributed by atoms with E-state index in [1.807, 2.05) is 0 Å². The molecule has 4 aromatic carbocycles. The molecule has 0 radical (unpaired) electrons. The van der Waals surface area contributed by atoms with Crippen LogP contribution < -0.4 is 0 Å². The fourth-order valence-corrected chi connectivity index (χ4v) is 3.93. The first-order valence-corrected chi connectivity index (χ1v) is 11.6. The van der Waals surface area contributed by atoms with Crippen LogP contribution in [0.15, 0.2) is 97.1 Å². The molecule has 0 bridgehead atoms. The highest BCUT2D eigenvalue weighted by atomic mass is 14.3. The molecule has 0 aliphatic carbocycles. The Hall–Kier alpha value is -3.64. The first-order valence-electron chi connectivity index (χ1n) is 11.6. The smallest absolute Gasteiger partial charge is 0.0146 e. The maximum absolute atomic E-state index is 2.29. The fraction of sp³-hybridized carbons (Fsp3) is 0.152. The monoisotopic (exact) mass is 428 g/mol. The van der Waals surface area contributed by atoms with Gasteiger partial charge in [-0.3, -0.25) is 0 Å². The van der Waals surface area contributed by atoms with Gasteiger partial charge < -0.3 is 0 Å². The van der Waals surface area contributed by atoms with Crippen molar-refractivity contribution in [3.8, 4) is 0 Å². The van der Waals surface area contributed by atoms with Crippen molar-refractivity contribution in [2.24, 2.45) is 0 Å². The standard InChI is InChI=1S/C33H32/c1-25-5-9-27(10-6-25)13-15-29-17-21-31(22-18-29)33(3,4)32-23-19-30(20-24-32)16-14-28-11-7-26(2)8-12-28/h5-24H,1-4H3/b15-13+,16-14+. The summed E-state index contributed by atoms with van der Waals surface area (Å²) in [4.78, 5) is 0. The van der Waals surface area contributed by atoms with E-state index in [4.69, 9.17) is 0 Å². The Morgan fingerprint density at radius 1 is 0.394 bits per heavy atom. The first-order chi connectivity index (χ1) is 15.9. The van der Waals surface area contributed by atoms with E-state index < -0.39 is 0 Å². The molecule has 0 saturated carbocycles. The molecule has 0 atom stereocenters. The molecule has 0 aliphatic rings. The molecule has 4 rings (SSSR count). The lowest BCUT2D eigenvalue weighted by atomic mass is 9.78. The van der Waals surface area contributed by atoms with Gasteiger partial charge in [0.2, 0.25) is 0 Å². The highest BCUT2D eigenvalue weighted by molar-refractivity contribution is 5.71. The van der Waals surface area contributed by atoms with Crippen molar-refractivity contribution in [2.75, 3.05) is 0 Å². The van der Waals surface area contributed by atoms with Crippen molar-refractivity contribution in [3.05, 3.63) is 142 Å². The quantitative estimate of drug-likeness (QED) is 0.269. The van der Waals surface area contributed by atoms with Crippen LogP contribution in [0.1, 0.15) is 58.4 Å². The lowest BCUT2D eigenvalue weighted by Gasteiger charge is -2.26. The van der Waals surface area contributed by atoms with Crippen molar-refractivity contribution < 1.29 is 0 Å². The highest BCUT2D eigenvalue weighted by Gasteiger charge is 2.22. The Bertz CT molecular complexity index is 1130. The fourth-order valence-electron chi connectivity index (χ4n) is 3.93. The van der Waals surface area contributed by atoms with E-state index in [1.54, 1.807) is 0 Å². The summed E-state index contributed by atoms with van der Waals surface area (Å²) in [5.41, 5.74) is 10.0. The summed E-state index contributed by atoms with van der Waals surface area (Å²) in [6, 6.07) is 35.0. The van der Waals surface area contributed by atoms with Gasteiger partial charge in [-0.05, 0) is 47.2 Å². The van der Waals surface area contributed by atoms with E-state index in [2.05, 4.69) is 149 Å². The largest absolute Gasteiger partial charge is 0.0587 e. The number of hydrogen-bond acceptors (Lipinski definition) is 0. The molecule has 0 fully saturated rings. The van der Waals surface area contributed by atoms with E-state index >= 15 is 0 Å².